The molecule has 1 heterocycles. The predicted molar refractivity (Wildman–Crippen MR) is 178 cm³/mol. The van der Waals surface area contributed by atoms with Crippen LogP contribution in [0.15, 0.2) is 91.0 Å². The molecular formula is C35H43N7O3. The van der Waals surface area contributed by atoms with Crippen LogP contribution in [0.25, 0.3) is 0 Å². The molecule has 4 aromatic rings. The Morgan fingerprint density at radius 2 is 1.20 bits per heavy atom. The Hall–Kier alpha value is -4.54. The summed E-state index contributed by atoms with van der Waals surface area (Å²) in [6.07, 6.45) is 4.37. The molecule has 5 rings (SSSR count). The van der Waals surface area contributed by atoms with E-state index in [0.29, 0.717) is 75.5 Å². The van der Waals surface area contributed by atoms with Crippen LogP contribution < -0.4 is 21.3 Å². The van der Waals surface area contributed by atoms with Crippen molar-refractivity contribution in [3.05, 3.63) is 108 Å². The van der Waals surface area contributed by atoms with Crippen LogP contribution in [-0.4, -0.2) is 73.0 Å². The van der Waals surface area contributed by atoms with Crippen LogP contribution in [-0.2, 0) is 9.47 Å². The van der Waals surface area contributed by atoms with Crippen molar-refractivity contribution in [3.8, 4) is 0 Å². The molecule has 3 aromatic carbocycles. The lowest BCUT2D eigenvalue weighted by molar-refractivity contribution is 0.0519. The fourth-order valence-electron chi connectivity index (χ4n) is 5.04. The molecule has 0 spiro atoms. The number of hydrogen-bond donors (Lipinski definition) is 4. The first kappa shape index (κ1) is 31.9. The number of carbonyl (C=O) groups is 1. The summed E-state index contributed by atoms with van der Waals surface area (Å²) in [7, 11) is 0. The molecule has 0 unspecified atom stereocenters. The van der Waals surface area contributed by atoms with Crippen molar-refractivity contribution in [1.82, 2.24) is 20.3 Å². The molecule has 0 radical (unpaired) electrons. The molecule has 0 atom stereocenters. The number of carbonyl (C=O) groups excluding carboxylic acids is 1. The van der Waals surface area contributed by atoms with Crippen LogP contribution in [0.2, 0.25) is 0 Å². The van der Waals surface area contributed by atoms with Gasteiger partial charge in [0.1, 0.15) is 0 Å². The fraction of sp³-hybridized carbons (Fsp3) is 0.371. The zero-order chi connectivity index (χ0) is 30.9. The summed E-state index contributed by atoms with van der Waals surface area (Å²) in [4.78, 5) is 25.9. The van der Waals surface area contributed by atoms with Gasteiger partial charge in [0.25, 0.3) is 5.91 Å². The normalized spacial score (nSPS) is 12.8. The van der Waals surface area contributed by atoms with Crippen molar-refractivity contribution >= 4 is 23.8 Å². The molecule has 236 valence electrons. The third kappa shape index (κ3) is 10.5. The van der Waals surface area contributed by atoms with Crippen LogP contribution in [0.5, 0.6) is 0 Å². The average Bonchev–Trinajstić information content (AvgIpc) is 3.07. The molecule has 1 aliphatic carbocycles. The maximum absolute atomic E-state index is 12.0. The van der Waals surface area contributed by atoms with E-state index in [0.717, 1.165) is 19.3 Å². The Bertz CT molecular complexity index is 1380. The highest BCUT2D eigenvalue weighted by molar-refractivity contribution is 5.94. The molecule has 4 N–H and O–H groups in total. The van der Waals surface area contributed by atoms with Gasteiger partial charge in [0.05, 0.1) is 26.4 Å². The minimum absolute atomic E-state index is 0.104. The van der Waals surface area contributed by atoms with Crippen LogP contribution in [0.4, 0.5) is 17.8 Å². The van der Waals surface area contributed by atoms with Gasteiger partial charge in [0.2, 0.25) is 17.8 Å². The Balaban J connectivity index is 1.04. The molecule has 1 aliphatic rings. The molecule has 1 aromatic heterocycles. The molecule has 1 amide bonds. The quantitative estimate of drug-likeness (QED) is 0.104. The number of ether oxygens (including phenoxy) is 2. The summed E-state index contributed by atoms with van der Waals surface area (Å²) in [5.41, 5.74) is 3.22. The number of nitrogens with one attached hydrogen (secondary N) is 4. The van der Waals surface area contributed by atoms with Crippen molar-refractivity contribution < 1.29 is 14.3 Å². The van der Waals surface area contributed by atoms with E-state index in [1.165, 1.54) is 17.5 Å². The number of hydrogen-bond acceptors (Lipinski definition) is 9. The largest absolute Gasteiger partial charge is 0.377 e. The number of aromatic nitrogens is 3. The Labute approximate surface area is 265 Å². The van der Waals surface area contributed by atoms with Gasteiger partial charge in [0.15, 0.2) is 0 Å². The summed E-state index contributed by atoms with van der Waals surface area (Å²) in [6.45, 7) is 3.50. The van der Waals surface area contributed by atoms with E-state index in [1.54, 1.807) is 12.1 Å². The first-order valence-corrected chi connectivity index (χ1v) is 15.8. The monoisotopic (exact) mass is 609 g/mol. The lowest BCUT2D eigenvalue weighted by atomic mass is 9.88. The minimum atomic E-state index is -0.104. The van der Waals surface area contributed by atoms with Crippen LogP contribution in [0.3, 0.4) is 0 Å². The van der Waals surface area contributed by atoms with Gasteiger partial charge in [0, 0.05) is 37.2 Å². The van der Waals surface area contributed by atoms with Crippen LogP contribution >= 0.6 is 0 Å². The van der Waals surface area contributed by atoms with E-state index in [9.17, 15) is 4.79 Å². The first-order chi connectivity index (χ1) is 22.2. The summed E-state index contributed by atoms with van der Waals surface area (Å²) >= 11 is 0. The molecular weight excluding hydrogens is 566 g/mol. The number of rotatable bonds is 19. The Morgan fingerprint density at radius 1 is 0.667 bits per heavy atom. The summed E-state index contributed by atoms with van der Waals surface area (Å²) in [5, 5.41) is 13.0. The molecule has 45 heavy (non-hydrogen) atoms. The minimum Gasteiger partial charge on any atom is -0.377 e. The Kier molecular flexibility index (Phi) is 12.5. The van der Waals surface area contributed by atoms with Gasteiger partial charge in [-0.05, 0) is 48.9 Å². The number of benzene rings is 3. The lowest BCUT2D eigenvalue weighted by Crippen LogP contribution is -2.28. The van der Waals surface area contributed by atoms with Gasteiger partial charge in [-0.25, -0.2) is 0 Å². The van der Waals surface area contributed by atoms with Crippen molar-refractivity contribution in [2.45, 2.75) is 37.6 Å². The van der Waals surface area contributed by atoms with Gasteiger partial charge in [-0.3, -0.25) is 4.79 Å². The van der Waals surface area contributed by atoms with Gasteiger partial charge in [-0.2, -0.15) is 15.0 Å². The standard InChI is InChI=1S/C35H43N7O3/c43-32(29-15-8-3-9-16-29)36-21-23-44-25-26-45-24-22-38-34-40-33(41-35(42-34)39-30-17-10-18-30)37-20-19-31(27-11-4-1-5-12-27)28-13-6-2-7-14-28/h1-9,11-16,30-31H,10,17-26H2,(H,36,43)(H3,37,38,39,40,41,42). The maximum Gasteiger partial charge on any atom is 0.251 e. The van der Waals surface area contributed by atoms with E-state index in [1.807, 2.05) is 18.2 Å². The third-order valence-electron chi connectivity index (χ3n) is 7.66. The number of nitrogens with zero attached hydrogens (tertiary/aromatic N) is 3. The summed E-state index contributed by atoms with van der Waals surface area (Å²) < 4.78 is 11.3. The second kappa shape index (κ2) is 17.7. The van der Waals surface area contributed by atoms with E-state index in [-0.39, 0.29) is 11.8 Å². The van der Waals surface area contributed by atoms with E-state index in [2.05, 4.69) is 96.9 Å². The average molecular weight is 610 g/mol. The second-order valence-corrected chi connectivity index (χ2v) is 10.9. The van der Waals surface area contributed by atoms with Crippen LogP contribution in [0.1, 0.15) is 53.1 Å². The molecule has 10 nitrogen and oxygen atoms in total. The van der Waals surface area contributed by atoms with Crippen molar-refractivity contribution in [1.29, 1.82) is 0 Å². The fourth-order valence-corrected chi connectivity index (χ4v) is 5.04. The predicted octanol–water partition coefficient (Wildman–Crippen LogP) is 5.35. The lowest BCUT2D eigenvalue weighted by Gasteiger charge is -2.26. The third-order valence-corrected chi connectivity index (χ3v) is 7.66. The van der Waals surface area contributed by atoms with Crippen molar-refractivity contribution in [2.24, 2.45) is 0 Å². The van der Waals surface area contributed by atoms with Crippen LogP contribution in [0, 0.1) is 0 Å². The zero-order valence-electron chi connectivity index (χ0n) is 25.7. The molecule has 1 fully saturated rings. The zero-order valence-corrected chi connectivity index (χ0v) is 25.7. The Morgan fingerprint density at radius 3 is 1.78 bits per heavy atom. The van der Waals surface area contributed by atoms with E-state index < -0.39 is 0 Å². The van der Waals surface area contributed by atoms with Crippen molar-refractivity contribution in [3.63, 3.8) is 0 Å². The van der Waals surface area contributed by atoms with Gasteiger partial charge in [-0.1, -0.05) is 78.9 Å². The topological polar surface area (TPSA) is 122 Å². The molecule has 10 heteroatoms. The van der Waals surface area contributed by atoms with Crippen molar-refractivity contribution in [2.75, 3.05) is 62.0 Å². The van der Waals surface area contributed by atoms with Gasteiger partial charge in [-0.15, -0.1) is 0 Å². The molecule has 0 aliphatic heterocycles. The highest BCUT2D eigenvalue weighted by atomic mass is 16.5. The molecule has 0 saturated heterocycles. The second-order valence-electron chi connectivity index (χ2n) is 10.9. The smallest absolute Gasteiger partial charge is 0.251 e. The first-order valence-electron chi connectivity index (χ1n) is 15.8. The summed E-state index contributed by atoms with van der Waals surface area (Å²) in [6, 6.07) is 30.7. The van der Waals surface area contributed by atoms with E-state index in [4.69, 9.17) is 9.47 Å². The highest BCUT2D eigenvalue weighted by Gasteiger charge is 2.19. The maximum atomic E-state index is 12.0. The van der Waals surface area contributed by atoms with E-state index >= 15 is 0 Å². The number of anilines is 3. The highest BCUT2D eigenvalue weighted by Crippen LogP contribution is 2.28. The number of amides is 1. The SMILES string of the molecule is O=C(NCCOCCOCCNc1nc(NCCC(c2ccccc2)c2ccccc2)nc(NC2CCC2)n1)c1ccccc1. The summed E-state index contributed by atoms with van der Waals surface area (Å²) in [5.74, 6) is 1.79. The molecule has 0 bridgehead atoms. The van der Waals surface area contributed by atoms with Gasteiger partial charge >= 0.3 is 0 Å². The molecule has 1 saturated carbocycles. The van der Waals surface area contributed by atoms with Gasteiger partial charge < -0.3 is 30.7 Å².